The van der Waals surface area contributed by atoms with Crippen LogP contribution in [0.4, 0.5) is 11.6 Å². The van der Waals surface area contributed by atoms with Crippen LogP contribution in [0.1, 0.15) is 37.2 Å². The van der Waals surface area contributed by atoms with E-state index in [-0.39, 0.29) is 5.41 Å². The Morgan fingerprint density at radius 1 is 1.30 bits per heavy atom. The first-order chi connectivity index (χ1) is 9.38. The Balaban J connectivity index is 2.12. The molecule has 3 N–H and O–H groups in total. The maximum absolute atomic E-state index is 5.98. The van der Waals surface area contributed by atoms with Gasteiger partial charge in [0.1, 0.15) is 17.5 Å². The lowest BCUT2D eigenvalue weighted by Crippen LogP contribution is -2.20. The quantitative estimate of drug-likeness (QED) is 0.905. The van der Waals surface area contributed by atoms with Gasteiger partial charge in [-0.2, -0.15) is 0 Å². The fourth-order valence-electron chi connectivity index (χ4n) is 1.71. The Hall–Kier alpha value is -1.69. The molecule has 0 radical (unpaired) electrons. The molecule has 2 rings (SSSR count). The summed E-state index contributed by atoms with van der Waals surface area (Å²) in [5, 5.41) is 6.45. The Bertz CT molecular complexity index is 572. The maximum atomic E-state index is 5.98. The lowest BCUT2D eigenvalue weighted by molar-refractivity contribution is 0.546. The number of hydrogen-bond acceptors (Lipinski definition) is 6. The van der Waals surface area contributed by atoms with Crippen LogP contribution in [0.25, 0.3) is 0 Å². The van der Waals surface area contributed by atoms with Crippen molar-refractivity contribution in [1.82, 2.24) is 15.0 Å². The number of anilines is 2. The predicted molar refractivity (Wildman–Crippen MR) is 84.2 cm³/mol. The van der Waals surface area contributed by atoms with E-state index < -0.39 is 0 Å². The summed E-state index contributed by atoms with van der Waals surface area (Å²) < 4.78 is 0. The average molecular weight is 291 g/mol. The molecule has 0 aliphatic carbocycles. The highest BCUT2D eigenvalue weighted by atomic mass is 32.1. The molecule has 0 spiro atoms. The average Bonchev–Trinajstić information content (AvgIpc) is 2.86. The molecule has 2 heterocycles. The molecule has 0 aliphatic rings. The molecular formula is C14H21N5S. The highest BCUT2D eigenvalue weighted by Crippen LogP contribution is 2.24. The van der Waals surface area contributed by atoms with Crippen molar-refractivity contribution in [2.75, 3.05) is 17.6 Å². The monoisotopic (exact) mass is 291 g/mol. The van der Waals surface area contributed by atoms with Gasteiger partial charge in [-0.3, -0.25) is 0 Å². The van der Waals surface area contributed by atoms with Crippen LogP contribution in [0.5, 0.6) is 0 Å². The molecule has 0 atom stereocenters. The summed E-state index contributed by atoms with van der Waals surface area (Å²) in [5.74, 6) is 2.12. The summed E-state index contributed by atoms with van der Waals surface area (Å²) >= 11 is 1.66. The first-order valence-corrected chi connectivity index (χ1v) is 7.52. The van der Waals surface area contributed by atoms with Gasteiger partial charge in [-0.15, -0.1) is 11.3 Å². The van der Waals surface area contributed by atoms with Gasteiger partial charge in [-0.1, -0.05) is 20.8 Å². The smallest absolute Gasteiger partial charge is 0.138 e. The highest BCUT2D eigenvalue weighted by Gasteiger charge is 2.20. The number of nitrogens with zero attached hydrogens (tertiary/aromatic N) is 3. The standard InChI is InChI=1S/C14H21N5S/c1-9-11(15)18-13(14(2,3)4)19-12(9)17-6-5-10-16-7-8-20-10/h7-8H,5-6H2,1-4H3,(H3,15,17,18,19). The van der Waals surface area contributed by atoms with Crippen molar-refractivity contribution in [1.29, 1.82) is 0 Å². The van der Waals surface area contributed by atoms with Gasteiger partial charge in [0.05, 0.1) is 5.01 Å². The third-order valence-corrected chi connectivity index (χ3v) is 3.81. The van der Waals surface area contributed by atoms with E-state index in [1.807, 2.05) is 18.5 Å². The fourth-order valence-corrected chi connectivity index (χ4v) is 2.33. The molecule has 2 aromatic heterocycles. The minimum atomic E-state index is -0.118. The van der Waals surface area contributed by atoms with Crippen LogP contribution in [0.2, 0.25) is 0 Å². The van der Waals surface area contributed by atoms with E-state index in [2.05, 4.69) is 41.0 Å². The van der Waals surface area contributed by atoms with Gasteiger partial charge < -0.3 is 11.1 Å². The van der Waals surface area contributed by atoms with Crippen molar-refractivity contribution in [3.05, 3.63) is 28.0 Å². The minimum absolute atomic E-state index is 0.118. The summed E-state index contributed by atoms with van der Waals surface area (Å²) in [7, 11) is 0. The zero-order valence-corrected chi connectivity index (χ0v) is 13.2. The van der Waals surface area contributed by atoms with Crippen LogP contribution in [0, 0.1) is 6.92 Å². The van der Waals surface area contributed by atoms with Gasteiger partial charge in [0.25, 0.3) is 0 Å². The molecule has 0 unspecified atom stereocenters. The number of thiazole rings is 1. The lowest BCUT2D eigenvalue weighted by Gasteiger charge is -2.19. The molecule has 0 saturated carbocycles. The molecule has 0 aromatic carbocycles. The van der Waals surface area contributed by atoms with Gasteiger partial charge in [-0.05, 0) is 6.92 Å². The normalized spacial score (nSPS) is 11.6. The second-order valence-corrected chi connectivity index (χ2v) is 6.74. The Morgan fingerprint density at radius 2 is 2.05 bits per heavy atom. The molecule has 5 nitrogen and oxygen atoms in total. The van der Waals surface area contributed by atoms with Crippen LogP contribution < -0.4 is 11.1 Å². The van der Waals surface area contributed by atoms with Gasteiger partial charge >= 0.3 is 0 Å². The number of nitrogen functional groups attached to an aromatic ring is 1. The zero-order chi connectivity index (χ0) is 14.8. The second-order valence-electron chi connectivity index (χ2n) is 5.76. The van der Waals surface area contributed by atoms with Crippen LogP contribution in [0.15, 0.2) is 11.6 Å². The number of nitrogens with two attached hydrogens (primary N) is 1. The van der Waals surface area contributed by atoms with Gasteiger partial charge in [0, 0.05) is 35.5 Å². The predicted octanol–water partition coefficient (Wildman–Crippen LogP) is 2.78. The van der Waals surface area contributed by atoms with E-state index in [1.165, 1.54) is 0 Å². The largest absolute Gasteiger partial charge is 0.383 e. The Kier molecular flexibility index (Phi) is 4.23. The fraction of sp³-hybridized carbons (Fsp3) is 0.500. The van der Waals surface area contributed by atoms with E-state index in [0.717, 1.165) is 35.2 Å². The summed E-state index contributed by atoms with van der Waals surface area (Å²) in [6, 6.07) is 0. The van der Waals surface area contributed by atoms with Gasteiger partial charge in [0.15, 0.2) is 0 Å². The minimum Gasteiger partial charge on any atom is -0.383 e. The first-order valence-electron chi connectivity index (χ1n) is 6.65. The molecule has 108 valence electrons. The van der Waals surface area contributed by atoms with Crippen molar-refractivity contribution in [2.45, 2.75) is 39.5 Å². The van der Waals surface area contributed by atoms with Crippen LogP contribution >= 0.6 is 11.3 Å². The topological polar surface area (TPSA) is 76.7 Å². The molecule has 6 heteroatoms. The second kappa shape index (κ2) is 5.75. The van der Waals surface area contributed by atoms with Crippen LogP contribution in [0.3, 0.4) is 0 Å². The molecule has 0 saturated heterocycles. The van der Waals surface area contributed by atoms with Gasteiger partial charge in [0.2, 0.25) is 0 Å². The third-order valence-electron chi connectivity index (χ3n) is 2.97. The molecule has 0 fully saturated rings. The van der Waals surface area contributed by atoms with E-state index in [9.17, 15) is 0 Å². The highest BCUT2D eigenvalue weighted by molar-refractivity contribution is 7.09. The number of aromatic nitrogens is 3. The SMILES string of the molecule is Cc1c(N)nc(C(C)(C)C)nc1NCCc1nccs1. The van der Waals surface area contributed by atoms with Gasteiger partial charge in [-0.25, -0.2) is 15.0 Å². The summed E-state index contributed by atoms with van der Waals surface area (Å²) in [5.41, 5.74) is 6.77. The van der Waals surface area contributed by atoms with E-state index in [4.69, 9.17) is 5.73 Å². The zero-order valence-electron chi connectivity index (χ0n) is 12.4. The number of nitrogens with one attached hydrogen (secondary N) is 1. The molecule has 0 aliphatic heterocycles. The first kappa shape index (κ1) is 14.7. The van der Waals surface area contributed by atoms with Crippen molar-refractivity contribution in [3.63, 3.8) is 0 Å². The van der Waals surface area contributed by atoms with E-state index in [1.54, 1.807) is 11.3 Å². The summed E-state index contributed by atoms with van der Waals surface area (Å²) in [6.07, 6.45) is 2.71. The van der Waals surface area contributed by atoms with Crippen molar-refractivity contribution in [3.8, 4) is 0 Å². The Morgan fingerprint density at radius 3 is 2.65 bits per heavy atom. The lowest BCUT2D eigenvalue weighted by atomic mass is 9.95. The molecular weight excluding hydrogens is 270 g/mol. The van der Waals surface area contributed by atoms with Crippen LogP contribution in [-0.2, 0) is 11.8 Å². The Labute approximate surface area is 123 Å². The molecule has 0 bridgehead atoms. The number of rotatable bonds is 4. The number of hydrogen-bond donors (Lipinski definition) is 2. The maximum Gasteiger partial charge on any atom is 0.138 e. The van der Waals surface area contributed by atoms with Crippen LogP contribution in [-0.4, -0.2) is 21.5 Å². The van der Waals surface area contributed by atoms with E-state index >= 15 is 0 Å². The summed E-state index contributed by atoms with van der Waals surface area (Å²) in [6.45, 7) is 8.96. The third kappa shape index (κ3) is 3.45. The molecule has 0 amide bonds. The van der Waals surface area contributed by atoms with E-state index in [0.29, 0.717) is 5.82 Å². The molecule has 20 heavy (non-hydrogen) atoms. The summed E-state index contributed by atoms with van der Waals surface area (Å²) in [4.78, 5) is 13.2. The van der Waals surface area contributed by atoms with Crippen molar-refractivity contribution in [2.24, 2.45) is 0 Å². The van der Waals surface area contributed by atoms with Crippen molar-refractivity contribution >= 4 is 23.0 Å². The molecule has 2 aromatic rings. The van der Waals surface area contributed by atoms with Crippen molar-refractivity contribution < 1.29 is 0 Å².